The molecule has 0 saturated carbocycles. The molecule has 0 radical (unpaired) electrons. The van der Waals surface area contributed by atoms with Gasteiger partial charge in [-0.3, -0.25) is 10.2 Å². The van der Waals surface area contributed by atoms with E-state index in [0.29, 0.717) is 28.3 Å². The normalized spacial score (nSPS) is 11.5. The third-order valence-electron chi connectivity index (χ3n) is 4.87. The Kier molecular flexibility index (Phi) is 7.99. The van der Waals surface area contributed by atoms with E-state index in [9.17, 15) is 9.18 Å². The molecule has 3 aromatic rings. The topological polar surface area (TPSA) is 146 Å². The van der Waals surface area contributed by atoms with Gasteiger partial charge in [0.1, 0.15) is 23.2 Å². The maximum Gasteiger partial charge on any atom is 0.254 e. The minimum atomic E-state index is -1.16. The fraction of sp³-hybridized carbons (Fsp3) is 0.208. The zero-order valence-corrected chi connectivity index (χ0v) is 18.8. The first kappa shape index (κ1) is 24.5. The smallest absolute Gasteiger partial charge is 0.254 e. The van der Waals surface area contributed by atoms with Crippen molar-refractivity contribution in [2.45, 2.75) is 19.6 Å². The van der Waals surface area contributed by atoms with Crippen LogP contribution in [-0.4, -0.2) is 30.4 Å². The van der Waals surface area contributed by atoms with Crippen LogP contribution in [0.2, 0.25) is 0 Å². The second-order valence-electron chi connectivity index (χ2n) is 7.21. The number of nitrogens with zero attached hydrogens (tertiary/aromatic N) is 1. The molecule has 0 aliphatic carbocycles. The van der Waals surface area contributed by atoms with E-state index in [1.165, 1.54) is 25.4 Å². The molecule has 2 aromatic carbocycles. The van der Waals surface area contributed by atoms with Crippen LogP contribution in [0.1, 0.15) is 29.7 Å². The summed E-state index contributed by atoms with van der Waals surface area (Å²) in [6, 6.07) is 12.3. The maximum atomic E-state index is 14.6. The highest BCUT2D eigenvalue weighted by atomic mass is 19.1. The van der Waals surface area contributed by atoms with Gasteiger partial charge in [0.15, 0.2) is 6.10 Å². The first-order valence-electron chi connectivity index (χ1n) is 10.4. The number of carbonyl (C=O) groups is 1. The summed E-state index contributed by atoms with van der Waals surface area (Å²) in [4.78, 5) is 17.0. The average Bonchev–Trinajstić information content (AvgIpc) is 2.83. The molecule has 34 heavy (non-hydrogen) atoms. The molecule has 9 nitrogen and oxygen atoms in total. The van der Waals surface area contributed by atoms with Crippen LogP contribution in [0.15, 0.2) is 54.7 Å². The number of ether oxygens (including phenoxy) is 3. The lowest BCUT2D eigenvalue weighted by Crippen LogP contribution is -2.31. The van der Waals surface area contributed by atoms with E-state index in [-0.39, 0.29) is 30.4 Å². The summed E-state index contributed by atoms with van der Waals surface area (Å²) >= 11 is 0. The number of hydrogen-bond donors (Lipinski definition) is 4. The first-order valence-corrected chi connectivity index (χ1v) is 10.4. The van der Waals surface area contributed by atoms with Crippen LogP contribution < -0.4 is 26.3 Å². The Hall–Kier alpha value is -4.18. The van der Waals surface area contributed by atoms with Crippen molar-refractivity contribution < 1.29 is 23.4 Å². The number of hydrogen-bond acceptors (Lipinski definition) is 7. The summed E-state index contributed by atoms with van der Waals surface area (Å²) in [6.07, 6.45) is 0.289. The molecular formula is C24H26FN5O4. The van der Waals surface area contributed by atoms with Gasteiger partial charge in [0.2, 0.25) is 5.88 Å². The maximum absolute atomic E-state index is 14.6. The lowest BCUT2D eigenvalue weighted by atomic mass is 10.1. The monoisotopic (exact) mass is 467 g/mol. The molecule has 178 valence electrons. The Morgan fingerprint density at radius 2 is 2.00 bits per heavy atom. The minimum Gasteiger partial charge on any atom is -0.497 e. The van der Waals surface area contributed by atoms with Gasteiger partial charge in [0.05, 0.1) is 19.0 Å². The third kappa shape index (κ3) is 5.99. The van der Waals surface area contributed by atoms with E-state index in [1.807, 2.05) is 0 Å². The van der Waals surface area contributed by atoms with Crippen LogP contribution in [-0.2, 0) is 16.1 Å². The average molecular weight is 468 g/mol. The molecule has 1 unspecified atom stereocenters. The number of aromatic nitrogens is 1. The lowest BCUT2D eigenvalue weighted by molar-refractivity contribution is -0.133. The molecule has 0 aliphatic rings. The van der Waals surface area contributed by atoms with E-state index in [0.717, 1.165) is 0 Å². The second-order valence-corrected chi connectivity index (χ2v) is 7.21. The molecule has 0 saturated heterocycles. The molecule has 0 bridgehead atoms. The highest BCUT2D eigenvalue weighted by Crippen LogP contribution is 2.28. The van der Waals surface area contributed by atoms with E-state index in [4.69, 9.17) is 31.1 Å². The molecule has 0 spiro atoms. The molecule has 0 fully saturated rings. The van der Waals surface area contributed by atoms with Crippen LogP contribution in [0.3, 0.4) is 0 Å². The fourth-order valence-electron chi connectivity index (χ4n) is 3.12. The number of nitrogens with two attached hydrogens (primary N) is 2. The molecule has 1 heterocycles. The summed E-state index contributed by atoms with van der Waals surface area (Å²) in [5, 5.41) is 10.4. The number of nitrogens with one attached hydrogen (secondary N) is 2. The van der Waals surface area contributed by atoms with Crippen LogP contribution in [0.4, 0.5) is 10.1 Å². The SMILES string of the molecule is CCOC(C(=O)NCc1ccc(C(=N)N)cc1Oc1ccc(N)cn1)c1ccc(OC)cc1F. The fourth-order valence-corrected chi connectivity index (χ4v) is 3.12. The summed E-state index contributed by atoms with van der Waals surface area (Å²) in [7, 11) is 1.43. The van der Waals surface area contributed by atoms with Crippen molar-refractivity contribution in [3.05, 3.63) is 77.2 Å². The van der Waals surface area contributed by atoms with Gasteiger partial charge in [-0.25, -0.2) is 9.37 Å². The van der Waals surface area contributed by atoms with E-state index >= 15 is 0 Å². The number of methoxy groups -OCH3 is 1. The van der Waals surface area contributed by atoms with E-state index in [2.05, 4.69) is 10.3 Å². The van der Waals surface area contributed by atoms with Gasteiger partial charge >= 0.3 is 0 Å². The van der Waals surface area contributed by atoms with Crippen molar-refractivity contribution in [2.24, 2.45) is 5.73 Å². The predicted octanol–water partition coefficient (Wildman–Crippen LogP) is 3.28. The van der Waals surface area contributed by atoms with E-state index < -0.39 is 17.8 Å². The number of anilines is 1. The van der Waals surface area contributed by atoms with Crippen molar-refractivity contribution in [3.63, 3.8) is 0 Å². The highest BCUT2D eigenvalue weighted by Gasteiger charge is 2.25. The number of pyridine rings is 1. The predicted molar refractivity (Wildman–Crippen MR) is 125 cm³/mol. The molecule has 10 heteroatoms. The molecule has 1 amide bonds. The van der Waals surface area contributed by atoms with Crippen molar-refractivity contribution in [3.8, 4) is 17.4 Å². The van der Waals surface area contributed by atoms with Crippen LogP contribution in [0, 0.1) is 11.2 Å². The zero-order chi connectivity index (χ0) is 24.7. The standard InChI is InChI=1S/C24H26FN5O4/c1-3-33-22(18-8-7-17(32-2)11-19(18)25)24(31)30-12-15-5-4-14(23(27)28)10-20(15)34-21-9-6-16(26)13-29-21/h4-11,13,22H,3,12,26H2,1-2H3,(H3,27,28)(H,30,31). The summed E-state index contributed by atoms with van der Waals surface area (Å²) in [5.41, 5.74) is 12.9. The van der Waals surface area contributed by atoms with Crippen LogP contribution in [0.25, 0.3) is 0 Å². The van der Waals surface area contributed by atoms with E-state index in [1.54, 1.807) is 43.3 Å². The Bertz CT molecular complexity index is 1170. The number of carbonyl (C=O) groups excluding carboxylic acids is 1. The second kappa shape index (κ2) is 11.1. The number of amidine groups is 1. The van der Waals surface area contributed by atoms with Gasteiger partial charge in [-0.2, -0.15) is 0 Å². The molecule has 1 atom stereocenters. The first-order chi connectivity index (χ1) is 16.3. The Balaban J connectivity index is 1.82. The number of benzene rings is 2. The summed E-state index contributed by atoms with van der Waals surface area (Å²) in [5.74, 6) is -0.336. The van der Waals surface area contributed by atoms with Gasteiger partial charge in [0, 0.05) is 42.0 Å². The molecule has 3 rings (SSSR count). The summed E-state index contributed by atoms with van der Waals surface area (Å²) in [6.45, 7) is 1.96. The van der Waals surface area contributed by atoms with Crippen LogP contribution >= 0.6 is 0 Å². The van der Waals surface area contributed by atoms with Gasteiger partial charge in [-0.05, 0) is 31.2 Å². The third-order valence-corrected chi connectivity index (χ3v) is 4.87. The van der Waals surface area contributed by atoms with Gasteiger partial charge in [-0.1, -0.05) is 12.1 Å². The Morgan fingerprint density at radius 3 is 2.62 bits per heavy atom. The Labute approximate surface area is 196 Å². The van der Waals surface area contributed by atoms with Crippen molar-refractivity contribution in [1.82, 2.24) is 10.3 Å². The number of amides is 1. The largest absolute Gasteiger partial charge is 0.497 e. The molecule has 1 aromatic heterocycles. The highest BCUT2D eigenvalue weighted by molar-refractivity contribution is 5.95. The quantitative estimate of drug-likeness (QED) is 0.264. The lowest BCUT2D eigenvalue weighted by Gasteiger charge is -2.19. The minimum absolute atomic E-state index is 0.0443. The molecule has 0 aliphatic heterocycles. The number of nitrogen functional groups attached to an aromatic ring is 2. The molecular weight excluding hydrogens is 441 g/mol. The van der Waals surface area contributed by atoms with Crippen LogP contribution in [0.5, 0.6) is 17.4 Å². The number of rotatable bonds is 10. The summed E-state index contributed by atoms with van der Waals surface area (Å²) < 4.78 is 31.0. The van der Waals surface area contributed by atoms with Gasteiger partial charge in [-0.15, -0.1) is 0 Å². The van der Waals surface area contributed by atoms with Crippen molar-refractivity contribution in [2.75, 3.05) is 19.5 Å². The zero-order valence-electron chi connectivity index (χ0n) is 18.8. The van der Waals surface area contributed by atoms with Crippen molar-refractivity contribution >= 4 is 17.4 Å². The van der Waals surface area contributed by atoms with Crippen molar-refractivity contribution in [1.29, 1.82) is 5.41 Å². The van der Waals surface area contributed by atoms with Gasteiger partial charge in [0.25, 0.3) is 5.91 Å². The number of halogens is 1. The van der Waals surface area contributed by atoms with Gasteiger partial charge < -0.3 is 31.0 Å². The molecule has 6 N–H and O–H groups in total. The Morgan fingerprint density at radius 1 is 1.21 bits per heavy atom.